The molecule has 2 N–H and O–H groups in total. The van der Waals surface area contributed by atoms with Crippen molar-refractivity contribution in [2.24, 2.45) is 0 Å². The summed E-state index contributed by atoms with van der Waals surface area (Å²) in [6, 6.07) is 8.52. The number of halogens is 1. The maximum atomic E-state index is 12.0. The molecule has 1 aromatic carbocycles. The Morgan fingerprint density at radius 3 is 2.48 bits per heavy atom. The van der Waals surface area contributed by atoms with Crippen LogP contribution < -0.4 is 10.6 Å². The van der Waals surface area contributed by atoms with Crippen molar-refractivity contribution in [3.8, 4) is 0 Å². The third-order valence-corrected chi connectivity index (χ3v) is 3.95. The molecular weight excluding hydrogens is 284 g/mol. The molecule has 0 saturated carbocycles. The maximum absolute atomic E-state index is 12.0. The molecule has 0 spiro atoms. The van der Waals surface area contributed by atoms with Crippen molar-refractivity contribution >= 4 is 18.3 Å². The Morgan fingerprint density at radius 1 is 1.29 bits per heavy atom. The van der Waals surface area contributed by atoms with Crippen LogP contribution in [0.4, 0.5) is 0 Å². The Labute approximate surface area is 134 Å². The summed E-state index contributed by atoms with van der Waals surface area (Å²) in [4.78, 5) is 12.0. The number of carbonyl (C=O) groups excluding carboxylic acids is 1. The van der Waals surface area contributed by atoms with E-state index < -0.39 is 0 Å². The Hall–Kier alpha value is -1.06. The lowest BCUT2D eigenvalue weighted by Crippen LogP contribution is -2.30. The number of nitrogens with one attached hydrogen (secondary N) is 2. The largest absolute Gasteiger partial charge is 0.352 e. The van der Waals surface area contributed by atoms with E-state index in [4.69, 9.17) is 0 Å². The normalized spacial score (nSPS) is 18.1. The minimum absolute atomic E-state index is 0. The van der Waals surface area contributed by atoms with Crippen LogP contribution in [0.25, 0.3) is 0 Å². The second-order valence-corrected chi connectivity index (χ2v) is 6.67. The Balaban J connectivity index is 0.00000220. The summed E-state index contributed by atoms with van der Waals surface area (Å²) in [6.07, 6.45) is 3.51. The van der Waals surface area contributed by atoms with Crippen LogP contribution in [-0.2, 0) is 5.41 Å². The smallest absolute Gasteiger partial charge is 0.251 e. The molecule has 1 atom stereocenters. The van der Waals surface area contributed by atoms with Crippen LogP contribution in [0, 0.1) is 0 Å². The molecule has 3 nitrogen and oxygen atoms in total. The summed E-state index contributed by atoms with van der Waals surface area (Å²) in [5.74, 6) is 0.0310. The first-order chi connectivity index (χ1) is 9.47. The molecule has 1 aromatic rings. The van der Waals surface area contributed by atoms with E-state index in [9.17, 15) is 4.79 Å². The van der Waals surface area contributed by atoms with Crippen LogP contribution in [-0.4, -0.2) is 25.0 Å². The van der Waals surface area contributed by atoms with Crippen LogP contribution in [0.5, 0.6) is 0 Å². The summed E-state index contributed by atoms with van der Waals surface area (Å²) in [7, 11) is 0. The zero-order chi connectivity index (χ0) is 14.6. The van der Waals surface area contributed by atoms with Gasteiger partial charge in [-0.3, -0.25) is 4.79 Å². The molecule has 1 saturated heterocycles. The lowest BCUT2D eigenvalue weighted by atomic mass is 9.87. The second-order valence-electron chi connectivity index (χ2n) is 6.67. The van der Waals surface area contributed by atoms with Gasteiger partial charge < -0.3 is 10.6 Å². The molecule has 1 amide bonds. The van der Waals surface area contributed by atoms with E-state index in [0.717, 1.165) is 25.1 Å². The summed E-state index contributed by atoms with van der Waals surface area (Å²) in [5, 5.41) is 6.45. The molecule has 4 heteroatoms. The van der Waals surface area contributed by atoms with Gasteiger partial charge in [-0.25, -0.2) is 0 Å². The molecule has 0 radical (unpaired) electrons. The Kier molecular flexibility index (Phi) is 6.69. The Morgan fingerprint density at radius 2 is 1.95 bits per heavy atom. The first kappa shape index (κ1) is 18.0. The molecule has 0 unspecified atom stereocenters. The fraction of sp³-hybridized carbons (Fsp3) is 0.588. The number of carbonyl (C=O) groups is 1. The van der Waals surface area contributed by atoms with Gasteiger partial charge in [-0.2, -0.15) is 0 Å². The summed E-state index contributed by atoms with van der Waals surface area (Å²) in [6.45, 7) is 8.40. The lowest BCUT2D eigenvalue weighted by molar-refractivity contribution is 0.0952. The molecule has 1 aliphatic rings. The van der Waals surface area contributed by atoms with Gasteiger partial charge in [0.25, 0.3) is 5.91 Å². The predicted octanol–water partition coefficient (Wildman–Crippen LogP) is 3.28. The lowest BCUT2D eigenvalue weighted by Gasteiger charge is -2.19. The van der Waals surface area contributed by atoms with Gasteiger partial charge in [0, 0.05) is 18.2 Å². The minimum atomic E-state index is 0. The highest BCUT2D eigenvalue weighted by molar-refractivity contribution is 5.94. The van der Waals surface area contributed by atoms with Crippen LogP contribution in [0.1, 0.15) is 56.0 Å². The Bertz CT molecular complexity index is 445. The van der Waals surface area contributed by atoms with Crippen molar-refractivity contribution in [2.45, 2.75) is 51.5 Å². The van der Waals surface area contributed by atoms with Crippen molar-refractivity contribution in [2.75, 3.05) is 13.1 Å². The van der Waals surface area contributed by atoms with E-state index in [-0.39, 0.29) is 23.7 Å². The minimum Gasteiger partial charge on any atom is -0.352 e. The standard InChI is InChI=1S/C17H26N2O.ClH/c1-17(2,3)14-8-6-13(7-9-14)16(20)19-12-10-15-5-4-11-18-15;/h6-9,15,18H,4-5,10-12H2,1-3H3,(H,19,20);1H/t15-;/m1./s1. The van der Waals surface area contributed by atoms with Crippen molar-refractivity contribution in [3.05, 3.63) is 35.4 Å². The van der Waals surface area contributed by atoms with Crippen LogP contribution in [0.3, 0.4) is 0 Å². The van der Waals surface area contributed by atoms with E-state index in [1.165, 1.54) is 18.4 Å². The van der Waals surface area contributed by atoms with Gasteiger partial charge in [0.05, 0.1) is 0 Å². The zero-order valence-electron chi connectivity index (χ0n) is 13.2. The number of hydrogen-bond donors (Lipinski definition) is 2. The molecule has 0 bridgehead atoms. The van der Waals surface area contributed by atoms with Crippen LogP contribution >= 0.6 is 12.4 Å². The van der Waals surface area contributed by atoms with Gasteiger partial charge >= 0.3 is 0 Å². The van der Waals surface area contributed by atoms with Crippen LogP contribution in [0.2, 0.25) is 0 Å². The van der Waals surface area contributed by atoms with Gasteiger partial charge in [-0.1, -0.05) is 32.9 Å². The van der Waals surface area contributed by atoms with Gasteiger partial charge in [-0.15, -0.1) is 12.4 Å². The molecular formula is C17H27ClN2O. The number of amides is 1. The van der Waals surface area contributed by atoms with E-state index in [2.05, 4.69) is 31.4 Å². The maximum Gasteiger partial charge on any atom is 0.251 e. The first-order valence-electron chi connectivity index (χ1n) is 7.59. The third kappa shape index (κ3) is 5.33. The second kappa shape index (κ2) is 7.81. The van der Waals surface area contributed by atoms with Crippen molar-refractivity contribution in [3.63, 3.8) is 0 Å². The average Bonchev–Trinajstić information content (AvgIpc) is 2.91. The van der Waals surface area contributed by atoms with E-state index in [1.807, 2.05) is 24.3 Å². The number of hydrogen-bond acceptors (Lipinski definition) is 2. The molecule has 2 rings (SSSR count). The third-order valence-electron chi connectivity index (χ3n) is 3.95. The monoisotopic (exact) mass is 310 g/mol. The van der Waals surface area contributed by atoms with Gasteiger partial charge in [0.2, 0.25) is 0 Å². The van der Waals surface area contributed by atoms with Crippen molar-refractivity contribution in [1.29, 1.82) is 0 Å². The van der Waals surface area contributed by atoms with Crippen LogP contribution in [0.15, 0.2) is 24.3 Å². The summed E-state index contributed by atoms with van der Waals surface area (Å²) >= 11 is 0. The molecule has 0 aromatic heterocycles. The summed E-state index contributed by atoms with van der Waals surface area (Å²) in [5.41, 5.74) is 2.13. The molecule has 118 valence electrons. The van der Waals surface area contributed by atoms with Gasteiger partial charge in [0.1, 0.15) is 0 Å². The highest BCUT2D eigenvalue weighted by Gasteiger charge is 2.15. The van der Waals surface area contributed by atoms with Crippen molar-refractivity contribution in [1.82, 2.24) is 10.6 Å². The van der Waals surface area contributed by atoms with E-state index >= 15 is 0 Å². The van der Waals surface area contributed by atoms with Gasteiger partial charge in [0.15, 0.2) is 0 Å². The molecule has 0 aliphatic carbocycles. The first-order valence-corrected chi connectivity index (χ1v) is 7.59. The van der Waals surface area contributed by atoms with E-state index in [0.29, 0.717) is 6.04 Å². The summed E-state index contributed by atoms with van der Waals surface area (Å²) < 4.78 is 0. The molecule has 21 heavy (non-hydrogen) atoms. The number of rotatable bonds is 4. The fourth-order valence-electron chi connectivity index (χ4n) is 2.59. The molecule has 1 aliphatic heterocycles. The average molecular weight is 311 g/mol. The molecule has 1 heterocycles. The fourth-order valence-corrected chi connectivity index (χ4v) is 2.59. The topological polar surface area (TPSA) is 41.1 Å². The van der Waals surface area contributed by atoms with E-state index in [1.54, 1.807) is 0 Å². The van der Waals surface area contributed by atoms with Gasteiger partial charge in [-0.05, 0) is 48.9 Å². The zero-order valence-corrected chi connectivity index (χ0v) is 14.1. The quantitative estimate of drug-likeness (QED) is 0.896. The predicted molar refractivity (Wildman–Crippen MR) is 90.4 cm³/mol. The van der Waals surface area contributed by atoms with Crippen molar-refractivity contribution < 1.29 is 4.79 Å². The highest BCUT2D eigenvalue weighted by Crippen LogP contribution is 2.22. The highest BCUT2D eigenvalue weighted by atomic mass is 35.5. The number of benzene rings is 1. The SMILES string of the molecule is CC(C)(C)c1ccc(C(=O)NCC[C@H]2CCCN2)cc1.Cl. The molecule has 1 fully saturated rings.